The summed E-state index contributed by atoms with van der Waals surface area (Å²) in [5.41, 5.74) is 25.8. The van der Waals surface area contributed by atoms with Crippen LogP contribution in [0.5, 0.6) is 0 Å². The van der Waals surface area contributed by atoms with E-state index in [1.54, 1.807) is 0 Å². The molecule has 1 unspecified atom stereocenters. The van der Waals surface area contributed by atoms with E-state index >= 15 is 0 Å². The van der Waals surface area contributed by atoms with Gasteiger partial charge in [0.05, 0.1) is 0 Å². The Balaban J connectivity index is 0.000000229. The van der Waals surface area contributed by atoms with Crippen molar-refractivity contribution < 1.29 is 49.0 Å². The first kappa shape index (κ1) is 50.8. The molecule has 62 heavy (non-hydrogen) atoms. The van der Waals surface area contributed by atoms with Gasteiger partial charge in [0.15, 0.2) is 0 Å². The molecule has 2 aliphatic rings. The standard InChI is InChI=1S/C31H29.C15H14.C13H21.2ClH.Zr/c1-18-11-20(3)30(21(4)12-18)24-7-9-28-26(15-24)17-27-16-25(8-10-29(27)28)31-22(5)13-19(2)14-23(31)6;1-12-3-7-14(8-4-12)11-15-9-5-13(2)6-10-15;1-5-6-7-11-8-9-12(10-11)13(2,3)4;;;/h7-15H,17H2,1-6H3;3-10H,1-2H3;9-11H,5-7H2,1-4H3;2*1H;/q-1;;-1;;;+2/p-2. The zero-order valence-electron chi connectivity index (χ0n) is 39.1. The van der Waals surface area contributed by atoms with Gasteiger partial charge in [-0.05, 0) is 75.8 Å². The monoisotopic (exact) mass is 932 g/mol. The average molecular weight is 935 g/mol. The van der Waals surface area contributed by atoms with Crippen LogP contribution >= 0.6 is 0 Å². The van der Waals surface area contributed by atoms with Crippen molar-refractivity contribution in [3.05, 3.63) is 200 Å². The molecule has 0 bridgehead atoms. The predicted molar refractivity (Wildman–Crippen MR) is 257 cm³/mol. The van der Waals surface area contributed by atoms with E-state index < -0.39 is 0 Å². The van der Waals surface area contributed by atoms with E-state index in [0.29, 0.717) is 11.3 Å². The summed E-state index contributed by atoms with van der Waals surface area (Å²) >= 11 is 1.46. The molecule has 0 heterocycles. The molecule has 320 valence electrons. The number of hydrogen-bond acceptors (Lipinski definition) is 0. The Morgan fingerprint density at radius 3 is 1.60 bits per heavy atom. The van der Waals surface area contributed by atoms with Crippen molar-refractivity contribution in [2.45, 2.75) is 109 Å². The third-order valence-corrected chi connectivity index (χ3v) is 13.4. The first-order valence-corrected chi connectivity index (χ1v) is 23.1. The minimum Gasteiger partial charge on any atom is -1.00 e. The molecule has 0 aromatic heterocycles. The molecular formula is C59H64Cl2Zr-2. The van der Waals surface area contributed by atoms with Gasteiger partial charge in [0.2, 0.25) is 0 Å². The summed E-state index contributed by atoms with van der Waals surface area (Å²) in [4.78, 5) is 0. The first-order valence-electron chi connectivity index (χ1n) is 21.9. The van der Waals surface area contributed by atoms with Crippen LogP contribution < -0.4 is 24.8 Å². The Morgan fingerprint density at radius 1 is 0.613 bits per heavy atom. The fraction of sp³-hybridized carbons (Fsp3) is 0.305. The summed E-state index contributed by atoms with van der Waals surface area (Å²) in [5, 5.41) is 0. The van der Waals surface area contributed by atoms with Crippen LogP contribution in [0, 0.1) is 78.9 Å². The minimum absolute atomic E-state index is 0. The third kappa shape index (κ3) is 12.4. The van der Waals surface area contributed by atoms with Gasteiger partial charge in [-0.1, -0.05) is 140 Å². The molecule has 0 fully saturated rings. The number of hydrogen-bond donors (Lipinski definition) is 0. The number of aryl methyl sites for hydroxylation is 8. The van der Waals surface area contributed by atoms with Crippen molar-refractivity contribution in [1.29, 1.82) is 0 Å². The summed E-state index contributed by atoms with van der Waals surface area (Å²) in [6.07, 6.45) is 12.8. The Bertz CT molecular complexity index is 2360. The van der Waals surface area contributed by atoms with E-state index in [2.05, 4.69) is 211 Å². The topological polar surface area (TPSA) is 0 Å². The van der Waals surface area contributed by atoms with Crippen LogP contribution in [0.3, 0.4) is 0 Å². The molecule has 0 radical (unpaired) electrons. The number of rotatable bonds is 7. The predicted octanol–water partition coefficient (Wildman–Crippen LogP) is 9.81. The maximum absolute atomic E-state index is 3.78. The number of halogens is 2. The van der Waals surface area contributed by atoms with Gasteiger partial charge in [0.25, 0.3) is 0 Å². The minimum atomic E-state index is 0. The quantitative estimate of drug-likeness (QED) is 0.140. The van der Waals surface area contributed by atoms with Gasteiger partial charge in [-0.2, -0.15) is 11.6 Å². The van der Waals surface area contributed by atoms with Gasteiger partial charge in [-0.15, -0.1) is 29.3 Å². The van der Waals surface area contributed by atoms with Crippen molar-refractivity contribution in [1.82, 2.24) is 0 Å². The molecule has 8 rings (SSSR count). The fourth-order valence-electron chi connectivity index (χ4n) is 8.84. The zero-order chi connectivity index (χ0) is 43.3. The Morgan fingerprint density at radius 2 is 1.11 bits per heavy atom. The molecule has 0 saturated carbocycles. The first-order chi connectivity index (χ1) is 28.5. The van der Waals surface area contributed by atoms with Crippen molar-refractivity contribution in [3.63, 3.8) is 0 Å². The SMILES string of the molecule is CCCCC1[C-]=CC(C(C)(C)C)=C1.Cc1cc(C)c(-c2[c-]c3c(cc2)-c2ccc(-c4c(C)cc(C)cc4C)cc2C3)c(C)c1.Cc1ccc([C](=[Zr+2])c2ccc(C)cc2)cc1.[Cl-].[Cl-]. The third-order valence-electron chi connectivity index (χ3n) is 12.0. The van der Waals surface area contributed by atoms with E-state index in [9.17, 15) is 0 Å². The summed E-state index contributed by atoms with van der Waals surface area (Å²) in [6.45, 7) is 26.5. The largest absolute Gasteiger partial charge is 1.00 e. The maximum Gasteiger partial charge on any atom is -1.00 e. The molecule has 1 atom stereocenters. The molecular weight excluding hydrogens is 871 g/mol. The summed E-state index contributed by atoms with van der Waals surface area (Å²) in [7, 11) is 0. The Labute approximate surface area is 402 Å². The van der Waals surface area contributed by atoms with Crippen LogP contribution in [0.1, 0.15) is 114 Å². The Kier molecular flexibility index (Phi) is 18.1. The van der Waals surface area contributed by atoms with Crippen LogP contribution in [0.15, 0.2) is 121 Å². The second-order valence-corrected chi connectivity index (χ2v) is 19.6. The van der Waals surface area contributed by atoms with E-state index in [1.807, 2.05) is 0 Å². The Hall–Kier alpha value is -3.87. The zero-order valence-corrected chi connectivity index (χ0v) is 43.1. The fourth-order valence-corrected chi connectivity index (χ4v) is 9.66. The molecule has 6 aromatic rings. The van der Waals surface area contributed by atoms with Crippen LogP contribution in [0.25, 0.3) is 33.4 Å². The molecule has 0 saturated heterocycles. The van der Waals surface area contributed by atoms with Gasteiger partial charge < -0.3 is 24.8 Å². The summed E-state index contributed by atoms with van der Waals surface area (Å²) in [5.74, 6) is 0.592. The molecule has 2 aliphatic carbocycles. The van der Waals surface area contributed by atoms with Crippen molar-refractivity contribution in [2.24, 2.45) is 11.3 Å². The number of allylic oxidation sites excluding steroid dienone is 4. The van der Waals surface area contributed by atoms with Crippen LogP contribution in [-0.4, -0.2) is 3.21 Å². The van der Waals surface area contributed by atoms with Gasteiger partial charge >= 0.3 is 112 Å². The molecule has 3 heteroatoms. The average Bonchev–Trinajstić information content (AvgIpc) is 3.82. The molecule has 0 nitrogen and oxygen atoms in total. The van der Waals surface area contributed by atoms with Crippen LogP contribution in [-0.2, 0) is 30.7 Å². The summed E-state index contributed by atoms with van der Waals surface area (Å²) in [6, 6.07) is 42.0. The normalized spacial score (nSPS) is 13.3. The number of unbranched alkanes of at least 4 members (excludes halogenated alkanes) is 1. The van der Waals surface area contributed by atoms with Crippen molar-refractivity contribution >= 4 is 3.21 Å². The van der Waals surface area contributed by atoms with Crippen molar-refractivity contribution in [3.8, 4) is 33.4 Å². The second-order valence-electron chi connectivity index (χ2n) is 18.4. The molecule has 0 aliphatic heterocycles. The molecule has 6 aromatic carbocycles. The summed E-state index contributed by atoms with van der Waals surface area (Å²) < 4.78 is 1.42. The van der Waals surface area contributed by atoms with Gasteiger partial charge in [-0.25, -0.2) is 6.08 Å². The van der Waals surface area contributed by atoms with Gasteiger partial charge in [0, 0.05) is 0 Å². The van der Waals surface area contributed by atoms with E-state index in [1.165, 1.54) is 152 Å². The number of benzene rings is 6. The van der Waals surface area contributed by atoms with Crippen LogP contribution in [0.2, 0.25) is 0 Å². The van der Waals surface area contributed by atoms with E-state index in [-0.39, 0.29) is 24.8 Å². The molecule has 0 N–H and O–H groups in total. The molecule has 0 spiro atoms. The van der Waals surface area contributed by atoms with Gasteiger partial charge in [0.1, 0.15) is 0 Å². The molecule has 0 amide bonds. The maximum atomic E-state index is 3.78. The van der Waals surface area contributed by atoms with E-state index in [0.717, 1.165) is 6.42 Å². The number of fused-ring (bicyclic) bond motifs is 3. The smallest absolute Gasteiger partial charge is 1.00 e. The van der Waals surface area contributed by atoms with Crippen molar-refractivity contribution in [2.75, 3.05) is 0 Å². The van der Waals surface area contributed by atoms with Gasteiger partial charge in [-0.3, -0.25) is 6.08 Å². The second kappa shape index (κ2) is 22.2. The van der Waals surface area contributed by atoms with Crippen LogP contribution in [0.4, 0.5) is 0 Å². The van der Waals surface area contributed by atoms with E-state index in [4.69, 9.17) is 0 Å².